The van der Waals surface area contributed by atoms with Gasteiger partial charge in [-0.2, -0.15) is 0 Å². The summed E-state index contributed by atoms with van der Waals surface area (Å²) in [5, 5.41) is 19.3. The van der Waals surface area contributed by atoms with E-state index < -0.39 is 0 Å². The minimum absolute atomic E-state index is 0.142. The van der Waals surface area contributed by atoms with E-state index in [2.05, 4.69) is 4.90 Å². The van der Waals surface area contributed by atoms with Crippen LogP contribution in [0.4, 0.5) is 0 Å². The Morgan fingerprint density at radius 2 is 1.71 bits per heavy atom. The van der Waals surface area contributed by atoms with Crippen LogP contribution in [-0.4, -0.2) is 46.5 Å². The van der Waals surface area contributed by atoms with E-state index in [1.807, 2.05) is 0 Å². The summed E-state index contributed by atoms with van der Waals surface area (Å²) in [6.07, 6.45) is 10.4. The van der Waals surface area contributed by atoms with Gasteiger partial charge in [0.1, 0.15) is 0 Å². The van der Waals surface area contributed by atoms with Crippen molar-refractivity contribution in [3.05, 3.63) is 0 Å². The Morgan fingerprint density at radius 1 is 0.941 bits per heavy atom. The SMILES string of the molecule is OCCCN(C1CCC1)C1CCCCCC1O. The van der Waals surface area contributed by atoms with Gasteiger partial charge in [0.2, 0.25) is 0 Å². The van der Waals surface area contributed by atoms with Crippen LogP contribution in [-0.2, 0) is 0 Å². The van der Waals surface area contributed by atoms with Crippen molar-refractivity contribution in [3.8, 4) is 0 Å². The van der Waals surface area contributed by atoms with Crippen LogP contribution in [0.2, 0.25) is 0 Å². The number of nitrogens with zero attached hydrogens (tertiary/aromatic N) is 1. The van der Waals surface area contributed by atoms with Crippen LogP contribution in [0.15, 0.2) is 0 Å². The molecule has 0 bridgehead atoms. The van der Waals surface area contributed by atoms with Gasteiger partial charge in [0, 0.05) is 25.2 Å². The van der Waals surface area contributed by atoms with Gasteiger partial charge in [-0.15, -0.1) is 0 Å². The highest BCUT2D eigenvalue weighted by atomic mass is 16.3. The first-order chi connectivity index (χ1) is 8.33. The lowest BCUT2D eigenvalue weighted by atomic mass is 9.88. The fourth-order valence-electron chi connectivity index (χ4n) is 3.25. The van der Waals surface area contributed by atoms with E-state index >= 15 is 0 Å². The van der Waals surface area contributed by atoms with E-state index in [9.17, 15) is 5.11 Å². The molecule has 2 unspecified atom stereocenters. The molecule has 0 spiro atoms. The number of hydrogen-bond acceptors (Lipinski definition) is 3. The van der Waals surface area contributed by atoms with Gasteiger partial charge in [-0.3, -0.25) is 4.90 Å². The molecule has 0 aromatic rings. The zero-order valence-corrected chi connectivity index (χ0v) is 10.9. The van der Waals surface area contributed by atoms with Crippen LogP contribution < -0.4 is 0 Å². The van der Waals surface area contributed by atoms with Crippen molar-refractivity contribution in [2.45, 2.75) is 76.0 Å². The first-order valence-electron chi connectivity index (χ1n) is 7.37. The second-order valence-electron chi connectivity index (χ2n) is 5.67. The number of aliphatic hydroxyl groups is 2. The first-order valence-corrected chi connectivity index (χ1v) is 7.37. The maximum absolute atomic E-state index is 10.3. The molecule has 2 aliphatic rings. The lowest BCUT2D eigenvalue weighted by Crippen LogP contribution is -2.51. The predicted octanol–water partition coefficient (Wildman–Crippen LogP) is 1.92. The fraction of sp³-hybridized carbons (Fsp3) is 1.00. The Balaban J connectivity index is 1.95. The summed E-state index contributed by atoms with van der Waals surface area (Å²) >= 11 is 0. The standard InChI is InChI=1S/C14H27NO2/c16-11-5-10-15(12-6-4-7-12)13-8-2-1-3-9-14(13)17/h12-14,16-17H,1-11H2. The van der Waals surface area contributed by atoms with Crippen molar-refractivity contribution in [1.82, 2.24) is 4.90 Å². The molecule has 0 saturated heterocycles. The lowest BCUT2D eigenvalue weighted by molar-refractivity contribution is -0.00511. The normalized spacial score (nSPS) is 31.2. The Morgan fingerprint density at radius 3 is 2.35 bits per heavy atom. The molecule has 3 nitrogen and oxygen atoms in total. The van der Waals surface area contributed by atoms with Crippen LogP contribution in [0, 0.1) is 0 Å². The second-order valence-corrected chi connectivity index (χ2v) is 5.67. The molecule has 2 atom stereocenters. The summed E-state index contributed by atoms with van der Waals surface area (Å²) in [5.74, 6) is 0. The highest BCUT2D eigenvalue weighted by Crippen LogP contribution is 2.31. The minimum Gasteiger partial charge on any atom is -0.396 e. The maximum Gasteiger partial charge on any atom is 0.0695 e. The molecule has 2 saturated carbocycles. The van der Waals surface area contributed by atoms with Gasteiger partial charge in [0.25, 0.3) is 0 Å². The molecule has 0 aliphatic heterocycles. The summed E-state index contributed by atoms with van der Waals surface area (Å²) in [7, 11) is 0. The summed E-state index contributed by atoms with van der Waals surface area (Å²) in [6, 6.07) is 1.04. The van der Waals surface area contributed by atoms with Gasteiger partial charge < -0.3 is 10.2 Å². The van der Waals surface area contributed by atoms with Crippen molar-refractivity contribution < 1.29 is 10.2 Å². The van der Waals surface area contributed by atoms with Crippen molar-refractivity contribution in [3.63, 3.8) is 0 Å². The largest absolute Gasteiger partial charge is 0.396 e. The zero-order valence-electron chi connectivity index (χ0n) is 10.9. The van der Waals surface area contributed by atoms with E-state index in [0.717, 1.165) is 25.8 Å². The van der Waals surface area contributed by atoms with E-state index in [-0.39, 0.29) is 12.7 Å². The molecular formula is C14H27NO2. The number of hydrogen-bond donors (Lipinski definition) is 2. The summed E-state index contributed by atoms with van der Waals surface area (Å²) in [4.78, 5) is 2.51. The summed E-state index contributed by atoms with van der Waals surface area (Å²) in [5.41, 5.74) is 0. The zero-order chi connectivity index (χ0) is 12.1. The predicted molar refractivity (Wildman–Crippen MR) is 68.9 cm³/mol. The molecular weight excluding hydrogens is 214 g/mol. The Kier molecular flexibility index (Phi) is 5.26. The lowest BCUT2D eigenvalue weighted by Gasteiger charge is -2.44. The van der Waals surface area contributed by atoms with Gasteiger partial charge in [0.15, 0.2) is 0 Å². The molecule has 2 rings (SSSR count). The molecule has 100 valence electrons. The third-order valence-electron chi connectivity index (χ3n) is 4.49. The molecule has 17 heavy (non-hydrogen) atoms. The highest BCUT2D eigenvalue weighted by molar-refractivity contribution is 4.89. The maximum atomic E-state index is 10.3. The van der Waals surface area contributed by atoms with Crippen molar-refractivity contribution in [2.75, 3.05) is 13.2 Å². The van der Waals surface area contributed by atoms with Crippen LogP contribution in [0.1, 0.15) is 57.8 Å². The highest BCUT2D eigenvalue weighted by Gasteiger charge is 2.34. The van der Waals surface area contributed by atoms with E-state index in [1.54, 1.807) is 0 Å². The van der Waals surface area contributed by atoms with Gasteiger partial charge >= 0.3 is 0 Å². The van der Waals surface area contributed by atoms with Crippen LogP contribution in [0.3, 0.4) is 0 Å². The topological polar surface area (TPSA) is 43.7 Å². The molecule has 0 heterocycles. The Hall–Kier alpha value is -0.120. The average Bonchev–Trinajstić information content (AvgIpc) is 2.46. The third-order valence-corrected chi connectivity index (χ3v) is 4.49. The van der Waals surface area contributed by atoms with Crippen molar-refractivity contribution >= 4 is 0 Å². The van der Waals surface area contributed by atoms with Crippen LogP contribution in [0.5, 0.6) is 0 Å². The first kappa shape index (κ1) is 13.3. The smallest absolute Gasteiger partial charge is 0.0695 e. The summed E-state index contributed by atoms with van der Waals surface area (Å²) in [6.45, 7) is 1.23. The molecule has 2 N–H and O–H groups in total. The quantitative estimate of drug-likeness (QED) is 0.723. The van der Waals surface area contributed by atoms with Crippen LogP contribution in [0.25, 0.3) is 0 Å². The number of aliphatic hydroxyl groups excluding tert-OH is 2. The van der Waals surface area contributed by atoms with Crippen molar-refractivity contribution in [1.29, 1.82) is 0 Å². The summed E-state index contributed by atoms with van der Waals surface area (Å²) < 4.78 is 0. The van der Waals surface area contributed by atoms with E-state index in [4.69, 9.17) is 5.11 Å². The van der Waals surface area contributed by atoms with Crippen LogP contribution >= 0.6 is 0 Å². The molecule has 0 radical (unpaired) electrons. The number of rotatable bonds is 5. The average molecular weight is 241 g/mol. The Labute approximate surface area is 105 Å². The third kappa shape index (κ3) is 3.43. The molecule has 2 aliphatic carbocycles. The second kappa shape index (κ2) is 6.72. The fourth-order valence-corrected chi connectivity index (χ4v) is 3.25. The van der Waals surface area contributed by atoms with Gasteiger partial charge in [0.05, 0.1) is 6.10 Å². The van der Waals surface area contributed by atoms with Gasteiger partial charge in [-0.1, -0.05) is 25.7 Å². The van der Waals surface area contributed by atoms with Gasteiger partial charge in [-0.05, 0) is 32.1 Å². The molecule has 3 heteroatoms. The monoisotopic (exact) mass is 241 g/mol. The minimum atomic E-state index is -0.142. The van der Waals surface area contributed by atoms with Crippen molar-refractivity contribution in [2.24, 2.45) is 0 Å². The Bertz CT molecular complexity index is 218. The van der Waals surface area contributed by atoms with E-state index in [0.29, 0.717) is 12.1 Å². The van der Waals surface area contributed by atoms with E-state index in [1.165, 1.54) is 38.5 Å². The molecule has 0 amide bonds. The molecule has 2 fully saturated rings. The molecule has 0 aromatic carbocycles. The van der Waals surface area contributed by atoms with Gasteiger partial charge in [-0.25, -0.2) is 0 Å². The molecule has 0 aromatic heterocycles.